The molecule has 1 saturated heterocycles. The molecule has 0 aliphatic carbocycles. The van der Waals surface area contributed by atoms with Gasteiger partial charge in [0.1, 0.15) is 12.7 Å². The maximum absolute atomic E-state index is 5.67. The van der Waals surface area contributed by atoms with Gasteiger partial charge in [-0.25, -0.2) is 4.98 Å². The van der Waals surface area contributed by atoms with Crippen molar-refractivity contribution >= 4 is 5.82 Å². The minimum absolute atomic E-state index is 0.278. The molecular formula is C11H16N2O2. The molecule has 0 N–H and O–H groups in total. The highest BCUT2D eigenvalue weighted by molar-refractivity contribution is 5.52. The van der Waals surface area contributed by atoms with Crippen molar-refractivity contribution in [2.45, 2.75) is 13.0 Å². The summed E-state index contributed by atoms with van der Waals surface area (Å²) in [5.41, 5.74) is 1.10. The fourth-order valence-electron chi connectivity index (χ4n) is 1.32. The molecule has 0 aromatic carbocycles. The lowest BCUT2D eigenvalue weighted by molar-refractivity contribution is 0.263. The van der Waals surface area contributed by atoms with Crippen LogP contribution >= 0.6 is 0 Å². The zero-order valence-electron chi connectivity index (χ0n) is 9.36. The third-order valence-electron chi connectivity index (χ3n) is 2.22. The molecule has 15 heavy (non-hydrogen) atoms. The average Bonchev–Trinajstić information content (AvgIpc) is 2.97. The van der Waals surface area contributed by atoms with Crippen molar-refractivity contribution in [1.82, 2.24) is 4.98 Å². The van der Waals surface area contributed by atoms with Gasteiger partial charge in [0.2, 0.25) is 0 Å². The molecule has 1 aliphatic rings. The Kier molecular flexibility index (Phi) is 2.77. The molecule has 2 rings (SSSR count). The van der Waals surface area contributed by atoms with Crippen LogP contribution in [-0.4, -0.2) is 38.4 Å². The van der Waals surface area contributed by atoms with E-state index in [-0.39, 0.29) is 6.10 Å². The normalized spacial score (nSPS) is 18.7. The zero-order valence-corrected chi connectivity index (χ0v) is 9.36. The van der Waals surface area contributed by atoms with Crippen molar-refractivity contribution in [2.75, 3.05) is 32.2 Å². The van der Waals surface area contributed by atoms with Gasteiger partial charge in [-0.05, 0) is 18.6 Å². The lowest BCUT2D eigenvalue weighted by Crippen LogP contribution is -2.14. The van der Waals surface area contributed by atoms with Gasteiger partial charge in [-0.3, -0.25) is 0 Å². The molecule has 0 saturated carbocycles. The van der Waals surface area contributed by atoms with Crippen LogP contribution in [0.1, 0.15) is 5.56 Å². The Morgan fingerprint density at radius 2 is 2.33 bits per heavy atom. The number of aromatic nitrogens is 1. The highest BCUT2D eigenvalue weighted by Crippen LogP contribution is 2.26. The Morgan fingerprint density at radius 1 is 1.60 bits per heavy atom. The van der Waals surface area contributed by atoms with Gasteiger partial charge in [-0.15, -0.1) is 0 Å². The van der Waals surface area contributed by atoms with Crippen LogP contribution in [0.15, 0.2) is 12.3 Å². The van der Waals surface area contributed by atoms with Gasteiger partial charge in [0, 0.05) is 20.3 Å². The summed E-state index contributed by atoms with van der Waals surface area (Å²) in [6.07, 6.45) is 2.12. The molecule has 4 heteroatoms. The van der Waals surface area contributed by atoms with E-state index in [0.717, 1.165) is 23.7 Å². The molecule has 4 nitrogen and oxygen atoms in total. The summed E-state index contributed by atoms with van der Waals surface area (Å²) in [5.74, 6) is 1.69. The van der Waals surface area contributed by atoms with Crippen LogP contribution < -0.4 is 9.64 Å². The van der Waals surface area contributed by atoms with E-state index in [4.69, 9.17) is 9.47 Å². The number of anilines is 1. The monoisotopic (exact) mass is 208 g/mol. The van der Waals surface area contributed by atoms with Crippen molar-refractivity contribution in [1.29, 1.82) is 0 Å². The Labute approximate surface area is 89.8 Å². The number of pyridine rings is 1. The lowest BCUT2D eigenvalue weighted by Gasteiger charge is -2.16. The maximum Gasteiger partial charge on any atom is 0.170 e. The van der Waals surface area contributed by atoms with Crippen LogP contribution in [0.3, 0.4) is 0 Å². The minimum Gasteiger partial charge on any atom is -0.487 e. The maximum atomic E-state index is 5.67. The van der Waals surface area contributed by atoms with Crippen LogP contribution in [0, 0.1) is 6.92 Å². The first-order valence-corrected chi connectivity index (χ1v) is 5.05. The van der Waals surface area contributed by atoms with E-state index in [1.165, 1.54) is 0 Å². The van der Waals surface area contributed by atoms with Gasteiger partial charge >= 0.3 is 0 Å². The molecule has 0 bridgehead atoms. The quantitative estimate of drug-likeness (QED) is 0.698. The summed E-state index contributed by atoms with van der Waals surface area (Å²) >= 11 is 0. The smallest absolute Gasteiger partial charge is 0.170 e. The van der Waals surface area contributed by atoms with E-state index in [1.807, 2.05) is 38.2 Å². The first kappa shape index (κ1) is 10.2. The van der Waals surface area contributed by atoms with Gasteiger partial charge < -0.3 is 14.4 Å². The van der Waals surface area contributed by atoms with Crippen LogP contribution in [-0.2, 0) is 4.74 Å². The number of hydrogen-bond acceptors (Lipinski definition) is 4. The van der Waals surface area contributed by atoms with E-state index in [0.29, 0.717) is 6.61 Å². The second kappa shape index (κ2) is 4.06. The second-order valence-corrected chi connectivity index (χ2v) is 4.00. The first-order valence-electron chi connectivity index (χ1n) is 5.05. The molecule has 1 fully saturated rings. The molecule has 1 aromatic rings. The largest absolute Gasteiger partial charge is 0.487 e. The molecule has 0 unspecified atom stereocenters. The number of nitrogens with zero attached hydrogens (tertiary/aromatic N) is 2. The van der Waals surface area contributed by atoms with Crippen molar-refractivity contribution in [2.24, 2.45) is 0 Å². The zero-order chi connectivity index (χ0) is 10.8. The average molecular weight is 208 g/mol. The second-order valence-electron chi connectivity index (χ2n) is 4.00. The van der Waals surface area contributed by atoms with Gasteiger partial charge in [-0.2, -0.15) is 0 Å². The molecule has 0 amide bonds. The number of hydrogen-bond donors (Lipinski definition) is 0. The molecule has 2 heterocycles. The Balaban J connectivity index is 2.13. The Bertz CT molecular complexity index is 348. The lowest BCUT2D eigenvalue weighted by atomic mass is 10.3. The number of aryl methyl sites for hydroxylation is 1. The summed E-state index contributed by atoms with van der Waals surface area (Å²) in [6, 6.07) is 2.00. The highest BCUT2D eigenvalue weighted by atomic mass is 16.6. The third-order valence-corrected chi connectivity index (χ3v) is 2.22. The van der Waals surface area contributed by atoms with E-state index in [2.05, 4.69) is 4.98 Å². The van der Waals surface area contributed by atoms with E-state index in [1.54, 1.807) is 0 Å². The summed E-state index contributed by atoms with van der Waals surface area (Å²) in [4.78, 5) is 6.28. The highest BCUT2D eigenvalue weighted by Gasteiger charge is 2.23. The number of ether oxygens (including phenoxy) is 2. The SMILES string of the molecule is Cc1cnc(N(C)C)c(OC[C@@H]2CO2)c1. The van der Waals surface area contributed by atoms with Gasteiger partial charge in [0.25, 0.3) is 0 Å². The van der Waals surface area contributed by atoms with Crippen molar-refractivity contribution in [3.05, 3.63) is 17.8 Å². The number of rotatable bonds is 4. The third kappa shape index (κ3) is 2.59. The standard InChI is InChI=1S/C11H16N2O2/c1-8-4-10(15-7-9-6-14-9)11(12-5-8)13(2)3/h4-5,9H,6-7H2,1-3H3/t9-/m0/s1. The summed E-state index contributed by atoms with van der Waals surface area (Å²) in [5, 5.41) is 0. The first-order chi connectivity index (χ1) is 7.16. The summed E-state index contributed by atoms with van der Waals surface area (Å²) in [6.45, 7) is 3.44. The van der Waals surface area contributed by atoms with E-state index >= 15 is 0 Å². The molecule has 1 aromatic heterocycles. The number of epoxide rings is 1. The van der Waals surface area contributed by atoms with Gasteiger partial charge in [0.15, 0.2) is 11.6 Å². The minimum atomic E-state index is 0.278. The van der Waals surface area contributed by atoms with E-state index < -0.39 is 0 Å². The van der Waals surface area contributed by atoms with Crippen LogP contribution in [0.2, 0.25) is 0 Å². The summed E-state index contributed by atoms with van der Waals surface area (Å²) in [7, 11) is 3.91. The van der Waals surface area contributed by atoms with E-state index in [9.17, 15) is 0 Å². The van der Waals surface area contributed by atoms with Crippen LogP contribution in [0.25, 0.3) is 0 Å². The van der Waals surface area contributed by atoms with Crippen molar-refractivity contribution < 1.29 is 9.47 Å². The topological polar surface area (TPSA) is 37.9 Å². The predicted octanol–water partition coefficient (Wildman–Crippen LogP) is 1.23. The fourth-order valence-corrected chi connectivity index (χ4v) is 1.32. The molecule has 82 valence electrons. The molecule has 0 radical (unpaired) electrons. The predicted molar refractivity (Wildman–Crippen MR) is 58.5 cm³/mol. The fraction of sp³-hybridized carbons (Fsp3) is 0.545. The van der Waals surface area contributed by atoms with Crippen LogP contribution in [0.5, 0.6) is 5.75 Å². The van der Waals surface area contributed by atoms with Gasteiger partial charge in [0.05, 0.1) is 6.61 Å². The molecular weight excluding hydrogens is 192 g/mol. The van der Waals surface area contributed by atoms with Gasteiger partial charge in [-0.1, -0.05) is 0 Å². The molecule has 1 atom stereocenters. The van der Waals surface area contributed by atoms with Crippen molar-refractivity contribution in [3.8, 4) is 5.75 Å². The Morgan fingerprint density at radius 3 is 2.93 bits per heavy atom. The summed E-state index contributed by atoms with van der Waals surface area (Å²) < 4.78 is 10.8. The molecule has 0 spiro atoms. The molecule has 1 aliphatic heterocycles. The van der Waals surface area contributed by atoms with Crippen LogP contribution in [0.4, 0.5) is 5.82 Å². The van der Waals surface area contributed by atoms with Crippen molar-refractivity contribution in [3.63, 3.8) is 0 Å². The Hall–Kier alpha value is -1.29.